The predicted octanol–water partition coefficient (Wildman–Crippen LogP) is 4.20. The Kier molecular flexibility index (Phi) is 5.24. The van der Waals surface area contributed by atoms with Crippen LogP contribution in [0.3, 0.4) is 0 Å². The zero-order valence-corrected chi connectivity index (χ0v) is 19.5. The van der Waals surface area contributed by atoms with Gasteiger partial charge in [0.1, 0.15) is 5.60 Å². The van der Waals surface area contributed by atoms with Gasteiger partial charge in [0.15, 0.2) is 0 Å². The molecule has 0 radical (unpaired) electrons. The lowest BCUT2D eigenvalue weighted by atomic mass is 9.60. The summed E-state index contributed by atoms with van der Waals surface area (Å²) in [5, 5.41) is 10.3. The van der Waals surface area contributed by atoms with E-state index < -0.39 is 5.60 Å². The SMILES string of the molecule is CC(C)(C)OC(=O)N1CC2(C[C@@H]3CC(=O)N([C@H](CO)c4ccccc4)[C@@H]3c3ccccc32)C1. The van der Waals surface area contributed by atoms with E-state index in [-0.39, 0.29) is 42.0 Å². The Hall–Kier alpha value is -2.86. The highest BCUT2D eigenvalue weighted by Crippen LogP contribution is 2.56. The van der Waals surface area contributed by atoms with Crippen molar-refractivity contribution in [1.82, 2.24) is 9.80 Å². The van der Waals surface area contributed by atoms with E-state index in [0.717, 1.165) is 17.5 Å². The number of ether oxygens (including phenoxy) is 1. The van der Waals surface area contributed by atoms with Gasteiger partial charge in [0.25, 0.3) is 0 Å². The molecule has 2 amide bonds. The van der Waals surface area contributed by atoms with E-state index in [1.807, 2.05) is 68.1 Å². The van der Waals surface area contributed by atoms with E-state index in [1.54, 1.807) is 4.90 Å². The summed E-state index contributed by atoms with van der Waals surface area (Å²) in [5.41, 5.74) is 2.65. The lowest BCUT2D eigenvalue weighted by Crippen LogP contribution is -2.64. The first kappa shape index (κ1) is 22.0. The Morgan fingerprint density at radius 1 is 1.12 bits per heavy atom. The third kappa shape index (κ3) is 3.70. The maximum absolute atomic E-state index is 13.3. The molecule has 2 aromatic carbocycles. The minimum absolute atomic E-state index is 0.0627. The summed E-state index contributed by atoms with van der Waals surface area (Å²) in [6.45, 7) is 6.74. The molecule has 0 unspecified atom stereocenters. The van der Waals surface area contributed by atoms with Gasteiger partial charge in [0.2, 0.25) is 5.91 Å². The Bertz CT molecular complexity index is 1060. The lowest BCUT2D eigenvalue weighted by Gasteiger charge is -2.55. The van der Waals surface area contributed by atoms with Crippen LogP contribution in [0, 0.1) is 5.92 Å². The number of nitrogens with zero attached hydrogens (tertiary/aromatic N) is 2. The Morgan fingerprint density at radius 2 is 1.79 bits per heavy atom. The average Bonchev–Trinajstić information content (AvgIpc) is 3.07. The molecule has 2 aliphatic heterocycles. The van der Waals surface area contributed by atoms with Crippen LogP contribution < -0.4 is 0 Å². The van der Waals surface area contributed by atoms with Crippen LogP contribution >= 0.6 is 0 Å². The first-order chi connectivity index (χ1) is 15.7. The summed E-state index contributed by atoms with van der Waals surface area (Å²) in [7, 11) is 0. The normalized spacial score (nSPS) is 24.2. The first-order valence-corrected chi connectivity index (χ1v) is 11.8. The molecule has 2 saturated heterocycles. The highest BCUT2D eigenvalue weighted by molar-refractivity contribution is 5.81. The molecule has 0 aromatic heterocycles. The molecule has 33 heavy (non-hydrogen) atoms. The maximum atomic E-state index is 13.3. The second-order valence-electron chi connectivity index (χ2n) is 10.7. The van der Waals surface area contributed by atoms with Gasteiger partial charge >= 0.3 is 6.09 Å². The van der Waals surface area contributed by atoms with E-state index in [0.29, 0.717) is 19.5 Å². The number of carbonyl (C=O) groups excluding carboxylic acids is 2. The summed E-state index contributed by atoms with van der Waals surface area (Å²) < 4.78 is 5.58. The van der Waals surface area contributed by atoms with Crippen LogP contribution in [0.1, 0.15) is 62.4 Å². The van der Waals surface area contributed by atoms with Crippen LogP contribution in [-0.4, -0.2) is 52.2 Å². The zero-order chi connectivity index (χ0) is 23.4. The molecule has 2 heterocycles. The van der Waals surface area contributed by atoms with Crippen LogP contribution in [-0.2, 0) is 14.9 Å². The molecule has 6 nitrogen and oxygen atoms in total. The Balaban J connectivity index is 1.46. The highest BCUT2D eigenvalue weighted by Gasteiger charge is 2.57. The van der Waals surface area contributed by atoms with Crippen molar-refractivity contribution in [3.8, 4) is 0 Å². The maximum Gasteiger partial charge on any atom is 0.410 e. The van der Waals surface area contributed by atoms with Crippen molar-refractivity contribution in [3.05, 3.63) is 71.3 Å². The molecular weight excluding hydrogens is 416 g/mol. The standard InChI is InChI=1S/C27H32N2O4/c1-26(2,3)33-25(32)28-16-27(17-28)14-19-13-23(31)29(22(15-30)18-9-5-4-6-10-18)24(19)20-11-7-8-12-21(20)27/h4-12,19,22,24,30H,13-17H2,1-3H3/t19-,22+,24-/m0/s1. The zero-order valence-electron chi connectivity index (χ0n) is 19.5. The summed E-state index contributed by atoms with van der Waals surface area (Å²) in [6, 6.07) is 17.7. The Morgan fingerprint density at radius 3 is 2.45 bits per heavy atom. The number of fused-ring (bicyclic) bond motifs is 4. The van der Waals surface area contributed by atoms with Crippen molar-refractivity contribution in [2.24, 2.45) is 5.92 Å². The first-order valence-electron chi connectivity index (χ1n) is 11.8. The molecule has 1 aliphatic carbocycles. The molecule has 2 fully saturated rings. The molecule has 1 N–H and O–H groups in total. The molecule has 174 valence electrons. The summed E-state index contributed by atoms with van der Waals surface area (Å²) >= 11 is 0. The molecule has 2 aromatic rings. The number of rotatable bonds is 3. The van der Waals surface area contributed by atoms with Gasteiger partial charge in [-0.15, -0.1) is 0 Å². The molecule has 1 spiro atoms. The lowest BCUT2D eigenvalue weighted by molar-refractivity contribution is -0.132. The van der Waals surface area contributed by atoms with Crippen molar-refractivity contribution >= 4 is 12.0 Å². The van der Waals surface area contributed by atoms with Crippen molar-refractivity contribution in [3.63, 3.8) is 0 Å². The third-order valence-corrected chi connectivity index (χ3v) is 7.31. The number of aliphatic hydroxyl groups is 1. The molecule has 0 bridgehead atoms. The molecule has 6 heteroatoms. The minimum Gasteiger partial charge on any atom is -0.444 e. The number of carbonyl (C=O) groups is 2. The van der Waals surface area contributed by atoms with Gasteiger partial charge < -0.3 is 19.6 Å². The predicted molar refractivity (Wildman–Crippen MR) is 125 cm³/mol. The average molecular weight is 449 g/mol. The van der Waals surface area contributed by atoms with Crippen molar-refractivity contribution in [2.75, 3.05) is 19.7 Å². The van der Waals surface area contributed by atoms with Gasteiger partial charge in [-0.1, -0.05) is 54.6 Å². The molecule has 0 saturated carbocycles. The van der Waals surface area contributed by atoms with Crippen LogP contribution in [0.4, 0.5) is 4.79 Å². The fourth-order valence-electron chi connectivity index (χ4n) is 6.10. The monoisotopic (exact) mass is 448 g/mol. The molecule has 5 rings (SSSR count). The fraction of sp³-hybridized carbons (Fsp3) is 0.481. The van der Waals surface area contributed by atoms with Gasteiger partial charge in [-0.3, -0.25) is 4.79 Å². The smallest absolute Gasteiger partial charge is 0.410 e. The quantitative estimate of drug-likeness (QED) is 0.764. The Labute approximate surface area is 195 Å². The molecule has 3 aliphatic rings. The van der Waals surface area contributed by atoms with E-state index in [4.69, 9.17) is 4.74 Å². The third-order valence-electron chi connectivity index (χ3n) is 7.31. The number of benzene rings is 2. The largest absolute Gasteiger partial charge is 0.444 e. The van der Waals surface area contributed by atoms with Gasteiger partial charge in [-0.25, -0.2) is 4.79 Å². The second kappa shape index (κ2) is 7.87. The van der Waals surface area contributed by atoms with Crippen molar-refractivity contribution in [2.45, 2.75) is 56.7 Å². The van der Waals surface area contributed by atoms with E-state index in [9.17, 15) is 14.7 Å². The van der Waals surface area contributed by atoms with E-state index in [1.165, 1.54) is 5.56 Å². The van der Waals surface area contributed by atoms with Crippen LogP contribution in [0.2, 0.25) is 0 Å². The van der Waals surface area contributed by atoms with Gasteiger partial charge in [0, 0.05) is 24.9 Å². The second-order valence-corrected chi connectivity index (χ2v) is 10.7. The highest BCUT2D eigenvalue weighted by atomic mass is 16.6. The summed E-state index contributed by atoms with van der Waals surface area (Å²) in [4.78, 5) is 29.6. The van der Waals surface area contributed by atoms with Crippen molar-refractivity contribution in [1.29, 1.82) is 0 Å². The van der Waals surface area contributed by atoms with Crippen LogP contribution in [0.5, 0.6) is 0 Å². The number of aliphatic hydroxyl groups excluding tert-OH is 1. The van der Waals surface area contributed by atoms with Crippen LogP contribution in [0.25, 0.3) is 0 Å². The number of amides is 2. The number of hydrogen-bond acceptors (Lipinski definition) is 4. The van der Waals surface area contributed by atoms with Gasteiger partial charge in [-0.05, 0) is 49.8 Å². The topological polar surface area (TPSA) is 70.1 Å². The fourth-order valence-corrected chi connectivity index (χ4v) is 6.10. The van der Waals surface area contributed by atoms with E-state index in [2.05, 4.69) is 12.1 Å². The molecule has 3 atom stereocenters. The minimum atomic E-state index is -0.523. The number of hydrogen-bond donors (Lipinski definition) is 1. The van der Waals surface area contributed by atoms with Crippen LogP contribution in [0.15, 0.2) is 54.6 Å². The summed E-state index contributed by atoms with van der Waals surface area (Å²) in [5.74, 6) is 0.244. The van der Waals surface area contributed by atoms with Gasteiger partial charge in [-0.2, -0.15) is 0 Å². The number of likely N-dealkylation sites (tertiary alicyclic amines) is 2. The van der Waals surface area contributed by atoms with Gasteiger partial charge in [0.05, 0.1) is 18.7 Å². The van der Waals surface area contributed by atoms with E-state index >= 15 is 0 Å². The molecular formula is C27H32N2O4. The van der Waals surface area contributed by atoms with Crippen molar-refractivity contribution < 1.29 is 19.4 Å². The summed E-state index contributed by atoms with van der Waals surface area (Å²) in [6.07, 6.45) is 1.04.